The highest BCUT2D eigenvalue weighted by atomic mass is 35.5. The maximum Gasteiger partial charge on any atom is 0.121 e. The quantitative estimate of drug-likeness (QED) is 0.809. The number of aliphatic hydroxyl groups excluding tert-OH is 1. The molecule has 1 saturated carbocycles. The lowest BCUT2D eigenvalue weighted by atomic mass is 9.98. The van der Waals surface area contributed by atoms with Crippen molar-refractivity contribution in [3.05, 3.63) is 23.2 Å². The molecule has 1 unspecified atom stereocenters. The molecule has 21 heavy (non-hydrogen) atoms. The number of methoxy groups -OCH3 is 1. The highest BCUT2D eigenvalue weighted by Gasteiger charge is 2.15. The molecule has 0 amide bonds. The van der Waals surface area contributed by atoms with Crippen LogP contribution in [0, 0.1) is 0 Å². The van der Waals surface area contributed by atoms with Gasteiger partial charge in [-0.3, -0.25) is 0 Å². The zero-order valence-electron chi connectivity index (χ0n) is 12.5. The van der Waals surface area contributed by atoms with Crippen molar-refractivity contribution in [2.24, 2.45) is 0 Å². The third-order valence-electron chi connectivity index (χ3n) is 3.78. The van der Waals surface area contributed by atoms with Gasteiger partial charge in [0.15, 0.2) is 0 Å². The SMILES string of the molecule is COc1ccc(Cl)c(NCC(O)COC2CCCCC2)c1. The molecule has 0 spiro atoms. The van der Waals surface area contributed by atoms with Crippen LogP contribution in [-0.4, -0.2) is 37.6 Å². The Morgan fingerprint density at radius 2 is 2.10 bits per heavy atom. The van der Waals surface area contributed by atoms with Gasteiger partial charge < -0.3 is 19.9 Å². The fourth-order valence-corrected chi connectivity index (χ4v) is 2.72. The molecule has 0 aromatic heterocycles. The lowest BCUT2D eigenvalue weighted by Crippen LogP contribution is -2.28. The number of rotatable bonds is 7. The summed E-state index contributed by atoms with van der Waals surface area (Å²) in [6, 6.07) is 5.39. The monoisotopic (exact) mass is 313 g/mol. The van der Waals surface area contributed by atoms with Crippen molar-refractivity contribution in [3.63, 3.8) is 0 Å². The predicted octanol–water partition coefficient (Wildman–Crippen LogP) is 3.47. The van der Waals surface area contributed by atoms with E-state index in [1.165, 1.54) is 19.3 Å². The van der Waals surface area contributed by atoms with Crippen LogP contribution in [-0.2, 0) is 4.74 Å². The summed E-state index contributed by atoms with van der Waals surface area (Å²) in [5.41, 5.74) is 0.757. The zero-order valence-corrected chi connectivity index (χ0v) is 13.2. The number of hydrogen-bond acceptors (Lipinski definition) is 4. The van der Waals surface area contributed by atoms with Crippen LogP contribution in [0.15, 0.2) is 18.2 Å². The Hall–Kier alpha value is -0.970. The zero-order chi connectivity index (χ0) is 15.1. The Morgan fingerprint density at radius 3 is 2.81 bits per heavy atom. The molecule has 1 aromatic carbocycles. The molecule has 1 aliphatic carbocycles. The summed E-state index contributed by atoms with van der Waals surface area (Å²) in [5.74, 6) is 0.731. The third-order valence-corrected chi connectivity index (χ3v) is 4.11. The van der Waals surface area contributed by atoms with Crippen LogP contribution in [0.1, 0.15) is 32.1 Å². The number of ether oxygens (including phenoxy) is 2. The summed E-state index contributed by atoms with van der Waals surface area (Å²) in [7, 11) is 1.61. The second-order valence-corrected chi connectivity index (χ2v) is 5.88. The smallest absolute Gasteiger partial charge is 0.121 e. The minimum Gasteiger partial charge on any atom is -0.497 e. The van der Waals surface area contributed by atoms with Crippen LogP contribution in [0.3, 0.4) is 0 Å². The van der Waals surface area contributed by atoms with E-state index >= 15 is 0 Å². The lowest BCUT2D eigenvalue weighted by Gasteiger charge is -2.23. The average molecular weight is 314 g/mol. The van der Waals surface area contributed by atoms with Crippen molar-refractivity contribution in [3.8, 4) is 5.75 Å². The predicted molar refractivity (Wildman–Crippen MR) is 85.3 cm³/mol. The van der Waals surface area contributed by atoms with Crippen LogP contribution < -0.4 is 10.1 Å². The van der Waals surface area contributed by atoms with Gasteiger partial charge in [-0.15, -0.1) is 0 Å². The van der Waals surface area contributed by atoms with E-state index in [-0.39, 0.29) is 0 Å². The molecule has 0 aliphatic heterocycles. The van der Waals surface area contributed by atoms with Gasteiger partial charge in [-0.25, -0.2) is 0 Å². The summed E-state index contributed by atoms with van der Waals surface area (Å²) in [4.78, 5) is 0. The standard InChI is InChI=1S/C16H24ClNO3/c1-20-14-7-8-15(17)16(9-14)18-10-12(19)11-21-13-5-3-2-4-6-13/h7-9,12-13,18-19H,2-6,10-11H2,1H3. The van der Waals surface area contributed by atoms with Crippen LogP contribution in [0.25, 0.3) is 0 Å². The van der Waals surface area contributed by atoms with Gasteiger partial charge in [0, 0.05) is 12.6 Å². The average Bonchev–Trinajstić information content (AvgIpc) is 2.53. The second kappa shape index (κ2) is 8.47. The Morgan fingerprint density at radius 1 is 1.33 bits per heavy atom. The van der Waals surface area contributed by atoms with E-state index in [2.05, 4.69) is 5.32 Å². The molecule has 1 aromatic rings. The largest absolute Gasteiger partial charge is 0.497 e. The highest BCUT2D eigenvalue weighted by molar-refractivity contribution is 6.33. The van der Waals surface area contributed by atoms with E-state index in [0.717, 1.165) is 24.3 Å². The Balaban J connectivity index is 1.74. The molecule has 0 heterocycles. The van der Waals surface area contributed by atoms with E-state index in [1.54, 1.807) is 19.2 Å². The van der Waals surface area contributed by atoms with Crippen molar-refractivity contribution in [1.29, 1.82) is 0 Å². The van der Waals surface area contributed by atoms with Gasteiger partial charge in [0.05, 0.1) is 36.6 Å². The first-order valence-electron chi connectivity index (χ1n) is 7.56. The molecule has 2 N–H and O–H groups in total. The molecular weight excluding hydrogens is 290 g/mol. The number of benzene rings is 1. The van der Waals surface area contributed by atoms with Crippen molar-refractivity contribution < 1.29 is 14.6 Å². The summed E-state index contributed by atoms with van der Waals surface area (Å²) in [5, 5.41) is 13.7. The van der Waals surface area contributed by atoms with Gasteiger partial charge >= 0.3 is 0 Å². The van der Waals surface area contributed by atoms with Gasteiger partial charge in [0.1, 0.15) is 5.75 Å². The molecule has 4 nitrogen and oxygen atoms in total. The van der Waals surface area contributed by atoms with Crippen molar-refractivity contribution in [2.75, 3.05) is 25.6 Å². The van der Waals surface area contributed by atoms with E-state index in [0.29, 0.717) is 24.3 Å². The minimum absolute atomic E-state index is 0.314. The van der Waals surface area contributed by atoms with E-state index in [9.17, 15) is 5.11 Å². The van der Waals surface area contributed by atoms with Crippen molar-refractivity contribution in [1.82, 2.24) is 0 Å². The van der Waals surface area contributed by atoms with Crippen LogP contribution in [0.5, 0.6) is 5.75 Å². The highest BCUT2D eigenvalue weighted by Crippen LogP contribution is 2.26. The Labute approximate surface area is 131 Å². The molecule has 0 radical (unpaired) electrons. The summed E-state index contributed by atoms with van der Waals surface area (Å²) < 4.78 is 10.9. The van der Waals surface area contributed by atoms with Crippen LogP contribution in [0.4, 0.5) is 5.69 Å². The number of aliphatic hydroxyl groups is 1. The van der Waals surface area contributed by atoms with Crippen LogP contribution >= 0.6 is 11.6 Å². The van der Waals surface area contributed by atoms with Gasteiger partial charge in [-0.05, 0) is 25.0 Å². The first-order chi connectivity index (χ1) is 10.2. The molecule has 0 saturated heterocycles. The minimum atomic E-state index is -0.547. The summed E-state index contributed by atoms with van der Waals surface area (Å²) in [6.07, 6.45) is 5.77. The number of anilines is 1. The first kappa shape index (κ1) is 16.4. The molecule has 1 aliphatic rings. The van der Waals surface area contributed by atoms with E-state index < -0.39 is 6.10 Å². The van der Waals surface area contributed by atoms with Gasteiger partial charge in [0.25, 0.3) is 0 Å². The first-order valence-corrected chi connectivity index (χ1v) is 7.94. The number of hydrogen-bond donors (Lipinski definition) is 2. The molecule has 0 bridgehead atoms. The maximum absolute atomic E-state index is 10.00. The second-order valence-electron chi connectivity index (χ2n) is 5.47. The fraction of sp³-hybridized carbons (Fsp3) is 0.625. The Kier molecular flexibility index (Phi) is 6.61. The van der Waals surface area contributed by atoms with E-state index in [4.69, 9.17) is 21.1 Å². The van der Waals surface area contributed by atoms with E-state index in [1.807, 2.05) is 6.07 Å². The number of halogens is 1. The fourth-order valence-electron chi connectivity index (χ4n) is 2.53. The summed E-state index contributed by atoms with van der Waals surface area (Å²) >= 11 is 6.10. The number of nitrogens with one attached hydrogen (secondary N) is 1. The molecule has 2 rings (SSSR count). The molecule has 5 heteroatoms. The lowest BCUT2D eigenvalue weighted by molar-refractivity contribution is -0.0195. The molecule has 1 fully saturated rings. The normalized spacial score (nSPS) is 17.5. The van der Waals surface area contributed by atoms with Gasteiger partial charge in [0.2, 0.25) is 0 Å². The van der Waals surface area contributed by atoms with Crippen LogP contribution in [0.2, 0.25) is 5.02 Å². The van der Waals surface area contributed by atoms with Crippen molar-refractivity contribution >= 4 is 17.3 Å². The molecular formula is C16H24ClNO3. The molecule has 1 atom stereocenters. The Bertz CT molecular complexity index is 436. The topological polar surface area (TPSA) is 50.7 Å². The third kappa shape index (κ3) is 5.38. The summed E-state index contributed by atoms with van der Waals surface area (Å²) in [6.45, 7) is 0.763. The van der Waals surface area contributed by atoms with Crippen molar-refractivity contribution in [2.45, 2.75) is 44.3 Å². The maximum atomic E-state index is 10.00. The van der Waals surface area contributed by atoms with Gasteiger partial charge in [-0.2, -0.15) is 0 Å². The molecule has 118 valence electrons. The van der Waals surface area contributed by atoms with Gasteiger partial charge in [-0.1, -0.05) is 30.9 Å².